The predicted molar refractivity (Wildman–Crippen MR) is 58.5 cm³/mol. The highest BCUT2D eigenvalue weighted by atomic mass is 16.4. The monoisotopic (exact) mass is 201 g/mol. The number of carboxylic acid groups (broad SMARTS) is 1. The second-order valence-corrected chi connectivity index (χ2v) is 3.71. The summed E-state index contributed by atoms with van der Waals surface area (Å²) in [6, 6.07) is -0.0205. The van der Waals surface area contributed by atoms with Crippen molar-refractivity contribution < 1.29 is 9.90 Å². The zero-order valence-corrected chi connectivity index (χ0v) is 9.55. The molecule has 0 heterocycles. The molecule has 0 radical (unpaired) electrons. The molecule has 1 atom stereocenters. The smallest absolute Gasteiger partial charge is 0.320 e. The van der Waals surface area contributed by atoms with E-state index < -0.39 is 5.97 Å². The van der Waals surface area contributed by atoms with Crippen LogP contribution in [0.2, 0.25) is 0 Å². The zero-order chi connectivity index (χ0) is 11.0. The standard InChI is InChI=1S/C11H23NO2/c1-4-7-8-10(11(13)14)12-9(5-2)6-3/h9-10,12H,4-8H2,1-3H3,(H,13,14). The van der Waals surface area contributed by atoms with Gasteiger partial charge < -0.3 is 10.4 Å². The Labute approximate surface area is 86.9 Å². The number of carboxylic acids is 1. The molecule has 84 valence electrons. The van der Waals surface area contributed by atoms with Crippen molar-refractivity contribution in [1.29, 1.82) is 0 Å². The van der Waals surface area contributed by atoms with Crippen molar-refractivity contribution in [3.05, 3.63) is 0 Å². The van der Waals surface area contributed by atoms with Crippen LogP contribution < -0.4 is 5.32 Å². The molecule has 0 amide bonds. The van der Waals surface area contributed by atoms with E-state index in [4.69, 9.17) is 5.11 Å². The minimum atomic E-state index is -0.717. The maximum Gasteiger partial charge on any atom is 0.320 e. The van der Waals surface area contributed by atoms with Gasteiger partial charge in [-0.2, -0.15) is 0 Å². The Morgan fingerprint density at radius 2 is 1.86 bits per heavy atom. The summed E-state index contributed by atoms with van der Waals surface area (Å²) >= 11 is 0. The first-order valence-corrected chi connectivity index (χ1v) is 5.64. The van der Waals surface area contributed by atoms with Gasteiger partial charge in [-0.3, -0.25) is 4.79 Å². The molecule has 0 aromatic carbocycles. The van der Waals surface area contributed by atoms with Gasteiger partial charge in [0, 0.05) is 6.04 Å². The Morgan fingerprint density at radius 1 is 1.29 bits per heavy atom. The van der Waals surface area contributed by atoms with Gasteiger partial charge in [0.05, 0.1) is 0 Å². The summed E-state index contributed by atoms with van der Waals surface area (Å²) < 4.78 is 0. The highest BCUT2D eigenvalue weighted by molar-refractivity contribution is 5.73. The summed E-state index contributed by atoms with van der Waals surface area (Å²) in [5.41, 5.74) is 0. The van der Waals surface area contributed by atoms with Gasteiger partial charge in [0.25, 0.3) is 0 Å². The number of hydrogen-bond donors (Lipinski definition) is 2. The molecule has 0 spiro atoms. The minimum absolute atomic E-state index is 0.341. The molecular formula is C11H23NO2. The Morgan fingerprint density at radius 3 is 2.21 bits per heavy atom. The van der Waals surface area contributed by atoms with Crippen LogP contribution in [0.1, 0.15) is 52.9 Å². The summed E-state index contributed by atoms with van der Waals surface area (Å²) in [7, 11) is 0. The second kappa shape index (κ2) is 7.80. The van der Waals surface area contributed by atoms with Gasteiger partial charge in [0.2, 0.25) is 0 Å². The Bertz CT molecular complexity index is 155. The molecule has 0 aliphatic heterocycles. The number of hydrogen-bond acceptors (Lipinski definition) is 2. The summed E-state index contributed by atoms with van der Waals surface area (Å²) in [5, 5.41) is 12.2. The summed E-state index contributed by atoms with van der Waals surface area (Å²) in [5.74, 6) is -0.717. The van der Waals surface area contributed by atoms with Crippen molar-refractivity contribution in [3.8, 4) is 0 Å². The topological polar surface area (TPSA) is 49.3 Å². The Balaban J connectivity index is 4.00. The average Bonchev–Trinajstić information content (AvgIpc) is 2.18. The fraction of sp³-hybridized carbons (Fsp3) is 0.909. The first-order chi connectivity index (χ1) is 6.65. The third-order valence-electron chi connectivity index (χ3n) is 2.57. The van der Waals surface area contributed by atoms with E-state index in [1.807, 2.05) is 0 Å². The van der Waals surface area contributed by atoms with Gasteiger partial charge in [0.15, 0.2) is 0 Å². The van der Waals surface area contributed by atoms with E-state index in [2.05, 4.69) is 26.1 Å². The summed E-state index contributed by atoms with van der Waals surface area (Å²) in [4.78, 5) is 10.9. The molecule has 3 heteroatoms. The van der Waals surface area contributed by atoms with E-state index in [1.165, 1.54) is 0 Å². The predicted octanol–water partition coefficient (Wildman–Crippen LogP) is 2.41. The second-order valence-electron chi connectivity index (χ2n) is 3.71. The molecule has 0 rings (SSSR count). The molecule has 0 aromatic heterocycles. The Kier molecular flexibility index (Phi) is 7.48. The van der Waals surface area contributed by atoms with Gasteiger partial charge in [-0.05, 0) is 19.3 Å². The van der Waals surface area contributed by atoms with Crippen LogP contribution in [0, 0.1) is 0 Å². The van der Waals surface area contributed by atoms with Gasteiger partial charge in [0.1, 0.15) is 6.04 Å². The van der Waals surface area contributed by atoms with Crippen LogP contribution in [0.25, 0.3) is 0 Å². The fourth-order valence-corrected chi connectivity index (χ4v) is 1.50. The van der Waals surface area contributed by atoms with E-state index in [0.29, 0.717) is 6.04 Å². The molecule has 2 N–H and O–H groups in total. The highest BCUT2D eigenvalue weighted by Crippen LogP contribution is 2.05. The van der Waals surface area contributed by atoms with Crippen LogP contribution >= 0.6 is 0 Å². The normalized spacial score (nSPS) is 13.1. The molecule has 0 fully saturated rings. The molecule has 0 aliphatic rings. The lowest BCUT2D eigenvalue weighted by Crippen LogP contribution is -2.42. The molecule has 0 saturated heterocycles. The van der Waals surface area contributed by atoms with E-state index >= 15 is 0 Å². The molecular weight excluding hydrogens is 178 g/mol. The quantitative estimate of drug-likeness (QED) is 0.634. The van der Waals surface area contributed by atoms with Crippen molar-refractivity contribution in [3.63, 3.8) is 0 Å². The summed E-state index contributed by atoms with van der Waals surface area (Å²) in [6.07, 6.45) is 4.75. The van der Waals surface area contributed by atoms with Gasteiger partial charge >= 0.3 is 5.97 Å². The van der Waals surface area contributed by atoms with Crippen molar-refractivity contribution in [2.75, 3.05) is 0 Å². The number of rotatable bonds is 8. The molecule has 1 unspecified atom stereocenters. The molecule has 0 aromatic rings. The van der Waals surface area contributed by atoms with Crippen molar-refractivity contribution in [2.45, 2.75) is 65.0 Å². The third kappa shape index (κ3) is 5.22. The minimum Gasteiger partial charge on any atom is -0.480 e. The largest absolute Gasteiger partial charge is 0.480 e. The van der Waals surface area contributed by atoms with Crippen molar-refractivity contribution in [1.82, 2.24) is 5.32 Å². The van der Waals surface area contributed by atoms with Gasteiger partial charge in [-0.1, -0.05) is 33.6 Å². The van der Waals surface area contributed by atoms with E-state index in [0.717, 1.165) is 32.1 Å². The summed E-state index contributed by atoms with van der Waals surface area (Å²) in [6.45, 7) is 6.25. The third-order valence-corrected chi connectivity index (χ3v) is 2.57. The highest BCUT2D eigenvalue weighted by Gasteiger charge is 2.18. The first kappa shape index (κ1) is 13.4. The average molecular weight is 201 g/mol. The first-order valence-electron chi connectivity index (χ1n) is 5.64. The number of nitrogens with one attached hydrogen (secondary N) is 1. The van der Waals surface area contributed by atoms with Crippen LogP contribution in [0.4, 0.5) is 0 Å². The lowest BCUT2D eigenvalue weighted by atomic mass is 10.1. The van der Waals surface area contributed by atoms with Crippen LogP contribution in [-0.2, 0) is 4.79 Å². The van der Waals surface area contributed by atoms with Gasteiger partial charge in [-0.15, -0.1) is 0 Å². The van der Waals surface area contributed by atoms with E-state index in [1.54, 1.807) is 0 Å². The maximum absolute atomic E-state index is 10.9. The fourth-order valence-electron chi connectivity index (χ4n) is 1.50. The van der Waals surface area contributed by atoms with Crippen molar-refractivity contribution in [2.24, 2.45) is 0 Å². The molecule has 0 aliphatic carbocycles. The van der Waals surface area contributed by atoms with Crippen LogP contribution in [0.3, 0.4) is 0 Å². The molecule has 0 saturated carbocycles. The number of aliphatic carboxylic acids is 1. The van der Waals surface area contributed by atoms with Crippen LogP contribution in [-0.4, -0.2) is 23.2 Å². The zero-order valence-electron chi connectivity index (χ0n) is 9.55. The van der Waals surface area contributed by atoms with E-state index in [9.17, 15) is 4.79 Å². The molecule has 0 bridgehead atoms. The lowest BCUT2D eigenvalue weighted by molar-refractivity contribution is -0.139. The number of unbranched alkanes of at least 4 members (excludes halogenated alkanes) is 1. The van der Waals surface area contributed by atoms with Crippen molar-refractivity contribution >= 4 is 5.97 Å². The molecule has 3 nitrogen and oxygen atoms in total. The lowest BCUT2D eigenvalue weighted by Gasteiger charge is -2.20. The number of carbonyl (C=O) groups is 1. The van der Waals surface area contributed by atoms with Crippen LogP contribution in [0.5, 0.6) is 0 Å². The van der Waals surface area contributed by atoms with E-state index in [-0.39, 0.29) is 6.04 Å². The Hall–Kier alpha value is -0.570. The molecule has 14 heavy (non-hydrogen) atoms. The SMILES string of the molecule is CCCCC(NC(CC)CC)C(=O)O. The van der Waals surface area contributed by atoms with Crippen LogP contribution in [0.15, 0.2) is 0 Å². The van der Waals surface area contributed by atoms with Gasteiger partial charge in [-0.25, -0.2) is 0 Å². The maximum atomic E-state index is 10.9.